The number of nitrogens with zero attached hydrogens (tertiary/aromatic N) is 4. The summed E-state index contributed by atoms with van der Waals surface area (Å²) in [7, 11) is 0. The topological polar surface area (TPSA) is 22.6 Å². The zero-order valence-electron chi connectivity index (χ0n) is 17.4. The molecule has 4 nitrogen and oxygen atoms in total. The summed E-state index contributed by atoms with van der Waals surface area (Å²) >= 11 is 0. The van der Waals surface area contributed by atoms with E-state index in [0.29, 0.717) is 11.7 Å². The lowest BCUT2D eigenvalue weighted by atomic mass is 10.0. The number of piperidine rings is 1. The molecule has 0 N–H and O–H groups in total. The van der Waals surface area contributed by atoms with Gasteiger partial charge in [0.05, 0.1) is 11.3 Å². The first-order valence-electron chi connectivity index (χ1n) is 10.7. The molecule has 3 heterocycles. The second kappa shape index (κ2) is 8.94. The van der Waals surface area contributed by atoms with Crippen LogP contribution in [0.15, 0.2) is 42.5 Å². The normalized spacial score (nSPS) is 21.7. The molecule has 2 saturated heterocycles. The minimum atomic E-state index is -4.30. The average Bonchev–Trinajstić information content (AvgIpc) is 2.74. The molecule has 2 aliphatic rings. The zero-order valence-corrected chi connectivity index (χ0v) is 17.4. The van der Waals surface area contributed by atoms with Gasteiger partial charge in [0.25, 0.3) is 0 Å². The van der Waals surface area contributed by atoms with Gasteiger partial charge in [0.15, 0.2) is 0 Å². The van der Waals surface area contributed by atoms with Crippen molar-refractivity contribution in [3.8, 4) is 0 Å². The summed E-state index contributed by atoms with van der Waals surface area (Å²) in [6.07, 6.45) is -1.94. The fraction of sp³-hybridized carbons (Fsp3) is 0.522. The molecule has 2 aliphatic heterocycles. The van der Waals surface area contributed by atoms with E-state index in [1.54, 1.807) is 6.07 Å². The maximum absolute atomic E-state index is 13.0. The van der Waals surface area contributed by atoms with Crippen LogP contribution in [0.1, 0.15) is 29.8 Å². The van der Waals surface area contributed by atoms with Gasteiger partial charge in [0, 0.05) is 56.7 Å². The summed E-state index contributed by atoms with van der Waals surface area (Å²) < 4.78 is 39.1. The molecule has 0 saturated carbocycles. The Morgan fingerprint density at radius 2 is 1.77 bits per heavy atom. The number of rotatable bonds is 4. The fourth-order valence-electron chi connectivity index (χ4n) is 4.61. The van der Waals surface area contributed by atoms with Crippen LogP contribution in [0.2, 0.25) is 0 Å². The van der Waals surface area contributed by atoms with E-state index in [9.17, 15) is 13.2 Å². The standard InChI is InChI=1S/C23H29F3N4/c1-18-5-2-7-20(27-18)16-28-10-4-9-22(17-28)30-13-11-29(12-14-30)21-8-3-6-19(15-21)23(24,25)26/h2-3,5-8,15,22H,4,9-14,16-17H2,1H3. The van der Waals surface area contributed by atoms with Gasteiger partial charge >= 0.3 is 6.18 Å². The first-order valence-corrected chi connectivity index (χ1v) is 10.7. The Morgan fingerprint density at radius 1 is 1.00 bits per heavy atom. The number of hydrogen-bond donors (Lipinski definition) is 0. The number of aromatic nitrogens is 1. The van der Waals surface area contributed by atoms with Crippen LogP contribution in [0.3, 0.4) is 0 Å². The molecule has 1 atom stereocenters. The summed E-state index contributed by atoms with van der Waals surface area (Å²) in [5, 5.41) is 0. The largest absolute Gasteiger partial charge is 0.416 e. The molecule has 7 heteroatoms. The summed E-state index contributed by atoms with van der Waals surface area (Å²) in [5.41, 5.74) is 2.26. The van der Waals surface area contributed by atoms with Crippen LogP contribution in [0, 0.1) is 6.92 Å². The number of aryl methyl sites for hydroxylation is 1. The molecule has 162 valence electrons. The van der Waals surface area contributed by atoms with E-state index in [1.807, 2.05) is 13.0 Å². The Bertz CT molecular complexity index is 846. The zero-order chi connectivity index (χ0) is 21.1. The predicted octanol–water partition coefficient (Wildman–Crippen LogP) is 4.20. The number of benzene rings is 1. The second-order valence-electron chi connectivity index (χ2n) is 8.37. The van der Waals surface area contributed by atoms with Crippen molar-refractivity contribution < 1.29 is 13.2 Å². The van der Waals surface area contributed by atoms with Gasteiger partial charge in [0.2, 0.25) is 0 Å². The van der Waals surface area contributed by atoms with Crippen LogP contribution < -0.4 is 4.90 Å². The van der Waals surface area contributed by atoms with E-state index in [0.717, 1.165) is 63.3 Å². The molecule has 2 fully saturated rings. The molecule has 2 aromatic rings. The molecule has 1 unspecified atom stereocenters. The Hall–Kier alpha value is -2.12. The van der Waals surface area contributed by atoms with Gasteiger partial charge in [-0.3, -0.25) is 14.8 Å². The Morgan fingerprint density at radius 3 is 2.50 bits per heavy atom. The number of likely N-dealkylation sites (tertiary alicyclic amines) is 1. The number of halogens is 3. The van der Waals surface area contributed by atoms with Crippen molar-refractivity contribution in [2.24, 2.45) is 0 Å². The lowest BCUT2D eigenvalue weighted by Crippen LogP contribution is -2.55. The average molecular weight is 419 g/mol. The van der Waals surface area contributed by atoms with Crippen LogP contribution in [-0.4, -0.2) is 60.1 Å². The van der Waals surface area contributed by atoms with Gasteiger partial charge in [0.1, 0.15) is 0 Å². The molecule has 1 aromatic heterocycles. The first-order chi connectivity index (χ1) is 14.4. The molecule has 4 rings (SSSR count). The predicted molar refractivity (Wildman–Crippen MR) is 113 cm³/mol. The van der Waals surface area contributed by atoms with Crippen LogP contribution in [0.5, 0.6) is 0 Å². The summed E-state index contributed by atoms with van der Waals surface area (Å²) in [4.78, 5) is 11.7. The Balaban J connectivity index is 1.33. The SMILES string of the molecule is Cc1cccc(CN2CCCC(N3CCN(c4cccc(C(F)(F)F)c4)CC3)C2)n1. The maximum atomic E-state index is 13.0. The van der Waals surface area contributed by atoms with E-state index in [1.165, 1.54) is 25.0 Å². The van der Waals surface area contributed by atoms with Crippen molar-refractivity contribution >= 4 is 5.69 Å². The third-order valence-electron chi connectivity index (χ3n) is 6.18. The lowest BCUT2D eigenvalue weighted by Gasteiger charge is -2.44. The van der Waals surface area contributed by atoms with Crippen LogP contribution in [-0.2, 0) is 12.7 Å². The van der Waals surface area contributed by atoms with Crippen molar-refractivity contribution in [3.63, 3.8) is 0 Å². The number of alkyl halides is 3. The highest BCUT2D eigenvalue weighted by atomic mass is 19.4. The van der Waals surface area contributed by atoms with Crippen LogP contribution in [0.4, 0.5) is 18.9 Å². The van der Waals surface area contributed by atoms with Crippen molar-refractivity contribution in [3.05, 3.63) is 59.4 Å². The molecule has 0 aliphatic carbocycles. The Labute approximate surface area is 176 Å². The molecule has 0 radical (unpaired) electrons. The van der Waals surface area contributed by atoms with E-state index in [-0.39, 0.29) is 0 Å². The van der Waals surface area contributed by atoms with E-state index in [2.05, 4.69) is 31.8 Å². The van der Waals surface area contributed by atoms with Gasteiger partial charge in [-0.05, 0) is 56.6 Å². The minimum Gasteiger partial charge on any atom is -0.369 e. The second-order valence-corrected chi connectivity index (χ2v) is 8.37. The summed E-state index contributed by atoms with van der Waals surface area (Å²) in [6, 6.07) is 12.4. The van der Waals surface area contributed by atoms with E-state index >= 15 is 0 Å². The van der Waals surface area contributed by atoms with Crippen molar-refractivity contribution in [1.82, 2.24) is 14.8 Å². The molecular weight excluding hydrogens is 389 g/mol. The van der Waals surface area contributed by atoms with Crippen molar-refractivity contribution in [2.75, 3.05) is 44.2 Å². The highest BCUT2D eigenvalue weighted by molar-refractivity contribution is 5.49. The number of anilines is 1. The van der Waals surface area contributed by atoms with Gasteiger partial charge in [-0.15, -0.1) is 0 Å². The highest BCUT2D eigenvalue weighted by Crippen LogP contribution is 2.32. The number of piperazine rings is 1. The summed E-state index contributed by atoms with van der Waals surface area (Å²) in [5.74, 6) is 0. The highest BCUT2D eigenvalue weighted by Gasteiger charge is 2.32. The Kier molecular flexibility index (Phi) is 6.29. The summed E-state index contributed by atoms with van der Waals surface area (Å²) in [6.45, 7) is 8.31. The van der Waals surface area contributed by atoms with Crippen molar-refractivity contribution in [2.45, 2.75) is 38.5 Å². The maximum Gasteiger partial charge on any atom is 0.416 e. The number of hydrogen-bond acceptors (Lipinski definition) is 4. The van der Waals surface area contributed by atoms with Gasteiger partial charge in [-0.25, -0.2) is 0 Å². The molecule has 1 aromatic carbocycles. The van der Waals surface area contributed by atoms with E-state index in [4.69, 9.17) is 0 Å². The van der Waals surface area contributed by atoms with E-state index < -0.39 is 11.7 Å². The lowest BCUT2D eigenvalue weighted by molar-refractivity contribution is -0.137. The quantitative estimate of drug-likeness (QED) is 0.742. The third kappa shape index (κ3) is 5.13. The van der Waals surface area contributed by atoms with Crippen LogP contribution >= 0.6 is 0 Å². The third-order valence-corrected chi connectivity index (χ3v) is 6.18. The first kappa shape index (κ1) is 21.1. The van der Waals surface area contributed by atoms with Gasteiger partial charge in [-0.2, -0.15) is 13.2 Å². The smallest absolute Gasteiger partial charge is 0.369 e. The monoisotopic (exact) mass is 418 g/mol. The minimum absolute atomic E-state index is 0.507. The number of pyridine rings is 1. The van der Waals surface area contributed by atoms with Crippen molar-refractivity contribution in [1.29, 1.82) is 0 Å². The van der Waals surface area contributed by atoms with Gasteiger partial charge in [-0.1, -0.05) is 12.1 Å². The molecule has 0 bridgehead atoms. The molecule has 0 amide bonds. The fourth-order valence-corrected chi connectivity index (χ4v) is 4.61. The molecule has 0 spiro atoms. The molecule has 30 heavy (non-hydrogen) atoms. The van der Waals surface area contributed by atoms with Gasteiger partial charge < -0.3 is 4.90 Å². The van der Waals surface area contributed by atoms with Crippen LogP contribution in [0.25, 0.3) is 0 Å². The molecular formula is C23H29F3N4.